The van der Waals surface area contributed by atoms with Gasteiger partial charge in [-0.3, -0.25) is 9.59 Å². The highest BCUT2D eigenvalue weighted by atomic mass is 16.6. The van der Waals surface area contributed by atoms with Crippen molar-refractivity contribution in [2.45, 2.75) is 33.0 Å². The van der Waals surface area contributed by atoms with Crippen LogP contribution >= 0.6 is 0 Å². The molecular formula is C15H20O5. The molecule has 5 heteroatoms. The van der Waals surface area contributed by atoms with Crippen LogP contribution in [0.15, 0.2) is 30.3 Å². The van der Waals surface area contributed by atoms with Crippen molar-refractivity contribution in [2.75, 3.05) is 13.2 Å². The highest BCUT2D eigenvalue weighted by molar-refractivity contribution is 5.67. The maximum absolute atomic E-state index is 10.9. The Hall–Kier alpha value is -1.88. The van der Waals surface area contributed by atoms with Crippen LogP contribution in [0.2, 0.25) is 0 Å². The minimum atomic E-state index is -0.466. The molecular weight excluding hydrogens is 260 g/mol. The monoisotopic (exact) mass is 280 g/mol. The Labute approximate surface area is 118 Å². The number of ether oxygens (including phenoxy) is 3. The molecule has 1 atom stereocenters. The summed E-state index contributed by atoms with van der Waals surface area (Å²) >= 11 is 0. The molecule has 0 saturated heterocycles. The van der Waals surface area contributed by atoms with E-state index in [4.69, 9.17) is 14.2 Å². The van der Waals surface area contributed by atoms with Crippen molar-refractivity contribution in [3.63, 3.8) is 0 Å². The SMILES string of the molecule is CC(=O)OC[C@H](CCOCc1ccccc1)OC(C)=O. The molecule has 1 rings (SSSR count). The van der Waals surface area contributed by atoms with Crippen LogP contribution in [0.1, 0.15) is 25.8 Å². The maximum Gasteiger partial charge on any atom is 0.303 e. The van der Waals surface area contributed by atoms with Crippen molar-refractivity contribution in [1.82, 2.24) is 0 Å². The van der Waals surface area contributed by atoms with Gasteiger partial charge in [0.2, 0.25) is 0 Å². The molecule has 0 aromatic heterocycles. The number of esters is 2. The lowest BCUT2D eigenvalue weighted by Crippen LogP contribution is -2.25. The van der Waals surface area contributed by atoms with Crippen LogP contribution in [0.25, 0.3) is 0 Å². The number of benzene rings is 1. The first kappa shape index (κ1) is 16.2. The van der Waals surface area contributed by atoms with E-state index >= 15 is 0 Å². The third-order valence-electron chi connectivity index (χ3n) is 2.50. The van der Waals surface area contributed by atoms with E-state index in [-0.39, 0.29) is 6.61 Å². The van der Waals surface area contributed by atoms with E-state index in [0.717, 1.165) is 5.56 Å². The third-order valence-corrected chi connectivity index (χ3v) is 2.50. The smallest absolute Gasteiger partial charge is 0.303 e. The summed E-state index contributed by atoms with van der Waals surface area (Å²) in [7, 11) is 0. The van der Waals surface area contributed by atoms with Gasteiger partial charge >= 0.3 is 11.9 Å². The second kappa shape index (κ2) is 9.09. The fraction of sp³-hybridized carbons (Fsp3) is 0.467. The van der Waals surface area contributed by atoms with Crippen LogP contribution < -0.4 is 0 Å². The first-order valence-corrected chi connectivity index (χ1v) is 6.50. The third kappa shape index (κ3) is 7.53. The topological polar surface area (TPSA) is 61.8 Å². The van der Waals surface area contributed by atoms with Crippen molar-refractivity contribution >= 4 is 11.9 Å². The average molecular weight is 280 g/mol. The molecule has 0 heterocycles. The molecule has 0 radical (unpaired) electrons. The minimum Gasteiger partial charge on any atom is -0.462 e. The van der Waals surface area contributed by atoms with Crippen molar-refractivity contribution < 1.29 is 23.8 Å². The predicted molar refractivity (Wildman–Crippen MR) is 72.9 cm³/mol. The van der Waals surface area contributed by atoms with E-state index in [9.17, 15) is 9.59 Å². The molecule has 0 unspecified atom stereocenters. The van der Waals surface area contributed by atoms with E-state index in [1.165, 1.54) is 13.8 Å². The summed E-state index contributed by atoms with van der Waals surface area (Å²) in [5.41, 5.74) is 1.08. The lowest BCUT2D eigenvalue weighted by atomic mass is 10.2. The summed E-state index contributed by atoms with van der Waals surface area (Å²) < 4.78 is 15.4. The normalized spacial score (nSPS) is 11.7. The molecule has 110 valence electrons. The van der Waals surface area contributed by atoms with Crippen LogP contribution in [-0.4, -0.2) is 31.3 Å². The molecule has 0 aliphatic rings. The molecule has 0 spiro atoms. The molecule has 5 nitrogen and oxygen atoms in total. The zero-order valence-electron chi connectivity index (χ0n) is 11.8. The quantitative estimate of drug-likeness (QED) is 0.539. The van der Waals surface area contributed by atoms with Gasteiger partial charge in [0.05, 0.1) is 13.2 Å². The second-order valence-corrected chi connectivity index (χ2v) is 4.36. The Kier molecular flexibility index (Phi) is 7.35. The van der Waals surface area contributed by atoms with E-state index in [1.807, 2.05) is 30.3 Å². The average Bonchev–Trinajstić information content (AvgIpc) is 2.41. The Balaban J connectivity index is 2.26. The summed E-state index contributed by atoms with van der Waals surface area (Å²) in [5, 5.41) is 0. The molecule has 1 aromatic carbocycles. The van der Waals surface area contributed by atoms with Crippen LogP contribution in [0.5, 0.6) is 0 Å². The standard InChI is InChI=1S/C15H20O5/c1-12(16)19-11-15(20-13(2)17)8-9-18-10-14-6-4-3-5-7-14/h3-7,15H,8-11H2,1-2H3/t15-/m0/s1. The minimum absolute atomic E-state index is 0.0591. The fourth-order valence-electron chi connectivity index (χ4n) is 1.60. The van der Waals surface area contributed by atoms with Gasteiger partial charge in [-0.25, -0.2) is 0 Å². The zero-order chi connectivity index (χ0) is 14.8. The highest BCUT2D eigenvalue weighted by Crippen LogP contribution is 2.05. The summed E-state index contributed by atoms with van der Waals surface area (Å²) in [6.45, 7) is 3.63. The molecule has 0 aliphatic heterocycles. The Morgan fingerprint density at radius 2 is 1.80 bits per heavy atom. The van der Waals surface area contributed by atoms with Gasteiger partial charge in [0.25, 0.3) is 0 Å². The summed E-state index contributed by atoms with van der Waals surface area (Å²) in [6.07, 6.45) is 0.0202. The molecule has 1 aromatic rings. The van der Waals surface area contributed by atoms with Crippen LogP contribution in [0.3, 0.4) is 0 Å². The maximum atomic E-state index is 10.9. The summed E-state index contributed by atoms with van der Waals surface area (Å²) in [6, 6.07) is 9.78. The first-order chi connectivity index (χ1) is 9.58. The van der Waals surface area contributed by atoms with Gasteiger partial charge in [-0.05, 0) is 5.56 Å². The van der Waals surface area contributed by atoms with Gasteiger partial charge in [-0.2, -0.15) is 0 Å². The van der Waals surface area contributed by atoms with Gasteiger partial charge in [0, 0.05) is 20.3 Å². The van der Waals surface area contributed by atoms with E-state index in [1.54, 1.807) is 0 Å². The largest absolute Gasteiger partial charge is 0.462 e. The lowest BCUT2D eigenvalue weighted by molar-refractivity contribution is -0.157. The van der Waals surface area contributed by atoms with Gasteiger partial charge in [-0.1, -0.05) is 30.3 Å². The highest BCUT2D eigenvalue weighted by Gasteiger charge is 2.13. The number of rotatable bonds is 8. The van der Waals surface area contributed by atoms with Crippen molar-refractivity contribution in [3.8, 4) is 0 Å². The zero-order valence-corrected chi connectivity index (χ0v) is 11.8. The predicted octanol–water partition coefficient (Wildman–Crippen LogP) is 2.09. The fourth-order valence-corrected chi connectivity index (χ4v) is 1.60. The van der Waals surface area contributed by atoms with Crippen LogP contribution in [0.4, 0.5) is 0 Å². The number of carbonyl (C=O) groups excluding carboxylic acids is 2. The molecule has 0 bridgehead atoms. The molecule has 0 N–H and O–H groups in total. The Bertz CT molecular complexity index is 416. The van der Waals surface area contributed by atoms with E-state index in [0.29, 0.717) is 19.6 Å². The van der Waals surface area contributed by atoms with Crippen LogP contribution in [-0.2, 0) is 30.4 Å². The van der Waals surface area contributed by atoms with E-state index < -0.39 is 18.0 Å². The van der Waals surface area contributed by atoms with Gasteiger partial charge in [0.1, 0.15) is 12.7 Å². The molecule has 20 heavy (non-hydrogen) atoms. The lowest BCUT2D eigenvalue weighted by Gasteiger charge is -2.16. The molecule has 0 aliphatic carbocycles. The van der Waals surface area contributed by atoms with Gasteiger partial charge in [0.15, 0.2) is 0 Å². The Morgan fingerprint density at radius 1 is 1.10 bits per heavy atom. The van der Waals surface area contributed by atoms with Gasteiger partial charge in [-0.15, -0.1) is 0 Å². The van der Waals surface area contributed by atoms with Crippen molar-refractivity contribution in [1.29, 1.82) is 0 Å². The first-order valence-electron chi connectivity index (χ1n) is 6.50. The summed E-state index contributed by atoms with van der Waals surface area (Å²) in [4.78, 5) is 21.7. The van der Waals surface area contributed by atoms with E-state index in [2.05, 4.69) is 0 Å². The van der Waals surface area contributed by atoms with Gasteiger partial charge < -0.3 is 14.2 Å². The Morgan fingerprint density at radius 3 is 2.40 bits per heavy atom. The van der Waals surface area contributed by atoms with Crippen molar-refractivity contribution in [3.05, 3.63) is 35.9 Å². The molecule has 0 amide bonds. The van der Waals surface area contributed by atoms with Crippen molar-refractivity contribution in [2.24, 2.45) is 0 Å². The summed E-state index contributed by atoms with van der Waals surface area (Å²) in [5.74, 6) is -0.794. The van der Waals surface area contributed by atoms with Crippen LogP contribution in [0, 0.1) is 0 Å². The number of carbonyl (C=O) groups is 2. The molecule has 0 saturated carbocycles. The second-order valence-electron chi connectivity index (χ2n) is 4.36. The molecule has 0 fully saturated rings. The number of hydrogen-bond donors (Lipinski definition) is 0. The number of hydrogen-bond acceptors (Lipinski definition) is 5.